The zero-order valence-electron chi connectivity index (χ0n) is 18.7. The summed E-state index contributed by atoms with van der Waals surface area (Å²) in [6, 6.07) is 20.8. The van der Waals surface area contributed by atoms with Gasteiger partial charge in [0.05, 0.1) is 24.1 Å². The average Bonchev–Trinajstić information content (AvgIpc) is 2.86. The van der Waals surface area contributed by atoms with E-state index in [2.05, 4.69) is 5.32 Å². The van der Waals surface area contributed by atoms with Crippen LogP contribution in [0.25, 0.3) is 10.9 Å². The van der Waals surface area contributed by atoms with Crippen molar-refractivity contribution < 1.29 is 13.9 Å². The third-order valence-electron chi connectivity index (χ3n) is 5.29. The van der Waals surface area contributed by atoms with E-state index in [9.17, 15) is 14.0 Å². The van der Waals surface area contributed by atoms with Gasteiger partial charge in [-0.1, -0.05) is 54.2 Å². The molecule has 0 unspecified atom stereocenters. The van der Waals surface area contributed by atoms with Gasteiger partial charge in [-0.3, -0.25) is 14.2 Å². The highest BCUT2D eigenvalue weighted by Gasteiger charge is 2.14. The Hall–Kier alpha value is -3.49. The van der Waals surface area contributed by atoms with E-state index in [1.165, 1.54) is 17.8 Å². The number of hydrogen-bond acceptors (Lipinski definition) is 5. The van der Waals surface area contributed by atoms with Crippen molar-refractivity contribution >= 4 is 28.6 Å². The fraction of sp³-hybridized carbons (Fsp3) is 0.192. The number of carbonyl (C=O) groups excluding carboxylic acids is 1. The molecule has 1 amide bonds. The molecule has 0 spiro atoms. The highest BCUT2D eigenvalue weighted by molar-refractivity contribution is 7.98. The van der Waals surface area contributed by atoms with Crippen molar-refractivity contribution in [2.75, 3.05) is 20.3 Å². The van der Waals surface area contributed by atoms with Crippen LogP contribution in [0.1, 0.15) is 21.5 Å². The number of nitrogens with one attached hydrogen (secondary N) is 1. The Balaban J connectivity index is 1.61. The van der Waals surface area contributed by atoms with Gasteiger partial charge in [0.2, 0.25) is 0 Å². The van der Waals surface area contributed by atoms with E-state index in [0.29, 0.717) is 46.1 Å². The first-order valence-corrected chi connectivity index (χ1v) is 11.8. The molecule has 0 saturated carbocycles. The van der Waals surface area contributed by atoms with Crippen LogP contribution in [-0.2, 0) is 17.0 Å². The maximum absolute atomic E-state index is 14.1. The Labute approximate surface area is 200 Å². The van der Waals surface area contributed by atoms with Gasteiger partial charge in [0.25, 0.3) is 11.5 Å². The minimum absolute atomic E-state index is 0.164. The predicted molar refractivity (Wildman–Crippen MR) is 132 cm³/mol. The second-order valence-electron chi connectivity index (χ2n) is 7.63. The summed E-state index contributed by atoms with van der Waals surface area (Å²) >= 11 is 1.32. The topological polar surface area (TPSA) is 73.2 Å². The van der Waals surface area contributed by atoms with Crippen LogP contribution in [0.3, 0.4) is 0 Å². The van der Waals surface area contributed by atoms with Gasteiger partial charge in [0.15, 0.2) is 5.16 Å². The molecular formula is C26H24FN3O3S. The second-order valence-corrected chi connectivity index (χ2v) is 8.57. The Kier molecular flexibility index (Phi) is 7.72. The Morgan fingerprint density at radius 1 is 1.06 bits per heavy atom. The molecule has 6 nitrogen and oxygen atoms in total. The lowest BCUT2D eigenvalue weighted by molar-refractivity contribution is 0.0937. The molecule has 0 saturated heterocycles. The van der Waals surface area contributed by atoms with Gasteiger partial charge in [-0.15, -0.1) is 0 Å². The number of carbonyl (C=O) groups is 1. The number of aromatic nitrogens is 2. The van der Waals surface area contributed by atoms with Gasteiger partial charge < -0.3 is 10.1 Å². The van der Waals surface area contributed by atoms with Crippen molar-refractivity contribution in [1.29, 1.82) is 0 Å². The third-order valence-corrected chi connectivity index (χ3v) is 6.31. The van der Waals surface area contributed by atoms with Crippen molar-refractivity contribution in [3.05, 3.63) is 106 Å². The Bertz CT molecular complexity index is 1360. The number of nitrogens with zero attached hydrogens (tertiary/aromatic N) is 2. The van der Waals surface area contributed by atoms with Crippen LogP contribution in [0, 0.1) is 5.82 Å². The van der Waals surface area contributed by atoms with Crippen molar-refractivity contribution in [3.8, 4) is 0 Å². The number of amides is 1. The fourth-order valence-corrected chi connectivity index (χ4v) is 4.45. The predicted octanol–water partition coefficient (Wildman–Crippen LogP) is 4.25. The van der Waals surface area contributed by atoms with Crippen LogP contribution >= 0.6 is 11.8 Å². The lowest BCUT2D eigenvalue weighted by atomic mass is 10.1. The fourth-order valence-electron chi connectivity index (χ4n) is 3.47. The lowest BCUT2D eigenvalue weighted by Gasteiger charge is -2.14. The molecule has 1 N–H and O–H groups in total. The SMILES string of the molecule is COCCNC(=O)c1ccc(Cn2c(SCc3ccccc3F)nc3ccccc3c2=O)cc1. The minimum Gasteiger partial charge on any atom is -0.383 e. The zero-order valence-corrected chi connectivity index (χ0v) is 19.5. The van der Waals surface area contributed by atoms with Crippen LogP contribution < -0.4 is 10.9 Å². The van der Waals surface area contributed by atoms with E-state index >= 15 is 0 Å². The molecular weight excluding hydrogens is 453 g/mol. The van der Waals surface area contributed by atoms with Crippen LogP contribution in [-0.4, -0.2) is 35.7 Å². The first-order valence-electron chi connectivity index (χ1n) is 10.8. The van der Waals surface area contributed by atoms with Crippen LogP contribution in [0.4, 0.5) is 4.39 Å². The molecule has 4 rings (SSSR count). The van der Waals surface area contributed by atoms with Gasteiger partial charge >= 0.3 is 0 Å². The third kappa shape index (κ3) is 5.52. The summed E-state index contributed by atoms with van der Waals surface area (Å²) in [5, 5.41) is 3.81. The lowest BCUT2D eigenvalue weighted by Crippen LogP contribution is -2.27. The molecule has 0 aliphatic carbocycles. The summed E-state index contributed by atoms with van der Waals surface area (Å²) in [5.41, 5.74) is 2.36. The molecule has 1 aromatic heterocycles. The summed E-state index contributed by atoms with van der Waals surface area (Å²) in [6.45, 7) is 1.15. The molecule has 0 aliphatic rings. The first-order chi connectivity index (χ1) is 16.6. The number of benzene rings is 3. The molecule has 1 heterocycles. The van der Waals surface area contributed by atoms with E-state index in [4.69, 9.17) is 9.72 Å². The molecule has 4 aromatic rings. The molecule has 0 fully saturated rings. The van der Waals surface area contributed by atoms with Crippen LogP contribution in [0.15, 0.2) is 82.7 Å². The molecule has 0 bridgehead atoms. The number of thioether (sulfide) groups is 1. The molecule has 3 aromatic carbocycles. The summed E-state index contributed by atoms with van der Waals surface area (Å²) in [5.74, 6) is -0.129. The zero-order chi connectivity index (χ0) is 23.9. The average molecular weight is 478 g/mol. The van der Waals surface area contributed by atoms with E-state index < -0.39 is 0 Å². The van der Waals surface area contributed by atoms with Gasteiger partial charge in [-0.25, -0.2) is 9.37 Å². The van der Waals surface area contributed by atoms with Gasteiger partial charge in [0, 0.05) is 25.0 Å². The smallest absolute Gasteiger partial charge is 0.262 e. The number of methoxy groups -OCH3 is 1. The maximum atomic E-state index is 14.1. The molecule has 174 valence electrons. The van der Waals surface area contributed by atoms with Crippen molar-refractivity contribution in [2.24, 2.45) is 0 Å². The highest BCUT2D eigenvalue weighted by atomic mass is 32.2. The summed E-state index contributed by atoms with van der Waals surface area (Å²) < 4.78 is 20.7. The number of fused-ring (bicyclic) bond motifs is 1. The largest absolute Gasteiger partial charge is 0.383 e. The Morgan fingerprint density at radius 3 is 2.56 bits per heavy atom. The minimum atomic E-state index is -0.288. The second kappa shape index (κ2) is 11.1. The molecule has 0 atom stereocenters. The molecule has 0 radical (unpaired) electrons. The molecule has 8 heteroatoms. The standard InChI is InChI=1S/C26H24FN3O3S/c1-33-15-14-28-24(31)19-12-10-18(11-13-19)16-30-25(32)21-7-3-5-9-23(21)29-26(30)34-17-20-6-2-4-8-22(20)27/h2-13H,14-17H2,1H3,(H,28,31). The van der Waals surface area contributed by atoms with E-state index in [1.54, 1.807) is 60.2 Å². The summed E-state index contributed by atoms with van der Waals surface area (Å²) in [4.78, 5) is 30.2. The quantitative estimate of drug-likeness (QED) is 0.222. The first kappa shape index (κ1) is 23.7. The van der Waals surface area contributed by atoms with Gasteiger partial charge in [-0.2, -0.15) is 0 Å². The molecule has 34 heavy (non-hydrogen) atoms. The normalized spacial score (nSPS) is 11.0. The monoisotopic (exact) mass is 477 g/mol. The van der Waals surface area contributed by atoms with Crippen LogP contribution in [0.2, 0.25) is 0 Å². The summed E-state index contributed by atoms with van der Waals surface area (Å²) in [7, 11) is 1.58. The van der Waals surface area contributed by atoms with Crippen LogP contribution in [0.5, 0.6) is 0 Å². The number of para-hydroxylation sites is 1. The number of hydrogen-bond donors (Lipinski definition) is 1. The maximum Gasteiger partial charge on any atom is 0.262 e. The summed E-state index contributed by atoms with van der Waals surface area (Å²) in [6.07, 6.45) is 0. The highest BCUT2D eigenvalue weighted by Crippen LogP contribution is 2.24. The van der Waals surface area contributed by atoms with E-state index in [1.807, 2.05) is 18.2 Å². The van der Waals surface area contributed by atoms with Crippen molar-refractivity contribution in [3.63, 3.8) is 0 Å². The number of rotatable bonds is 9. The Morgan fingerprint density at radius 2 is 1.79 bits per heavy atom. The van der Waals surface area contributed by atoms with Crippen molar-refractivity contribution in [2.45, 2.75) is 17.5 Å². The van der Waals surface area contributed by atoms with Crippen molar-refractivity contribution in [1.82, 2.24) is 14.9 Å². The number of ether oxygens (including phenoxy) is 1. The van der Waals surface area contributed by atoms with E-state index in [-0.39, 0.29) is 23.8 Å². The van der Waals surface area contributed by atoms with E-state index in [0.717, 1.165) is 5.56 Å². The van der Waals surface area contributed by atoms with Gasteiger partial charge in [-0.05, 0) is 41.5 Å². The molecule has 0 aliphatic heterocycles. The van der Waals surface area contributed by atoms with Gasteiger partial charge in [0.1, 0.15) is 5.82 Å². The number of halogens is 1.